The van der Waals surface area contributed by atoms with Crippen LogP contribution in [0.4, 0.5) is 18.9 Å². The number of alkyl halides is 3. The number of benzene rings is 1. The van der Waals surface area contributed by atoms with Crippen molar-refractivity contribution in [2.75, 3.05) is 11.9 Å². The van der Waals surface area contributed by atoms with Crippen molar-refractivity contribution < 1.29 is 13.2 Å². The Labute approximate surface area is 107 Å². The van der Waals surface area contributed by atoms with Crippen LogP contribution in [0.2, 0.25) is 5.02 Å². The first-order valence-corrected chi connectivity index (χ1v) is 5.48. The van der Waals surface area contributed by atoms with Crippen molar-refractivity contribution in [3.05, 3.63) is 28.8 Å². The van der Waals surface area contributed by atoms with Crippen molar-refractivity contribution in [2.45, 2.75) is 12.6 Å². The molecule has 0 spiro atoms. The fourth-order valence-corrected chi connectivity index (χ4v) is 1.52. The van der Waals surface area contributed by atoms with Gasteiger partial charge < -0.3 is 11.1 Å². The highest BCUT2D eigenvalue weighted by Crippen LogP contribution is 2.24. The summed E-state index contributed by atoms with van der Waals surface area (Å²) in [5, 5.41) is 2.89. The summed E-state index contributed by atoms with van der Waals surface area (Å²) in [4.78, 5) is 0.189. The fraction of sp³-hybridized carbons (Fsp3) is 0.300. The average molecular weight is 283 g/mol. The van der Waals surface area contributed by atoms with Crippen LogP contribution in [0, 0.1) is 0 Å². The lowest BCUT2D eigenvalue weighted by atomic mass is 10.2. The Morgan fingerprint density at radius 2 is 2.06 bits per heavy atom. The Bertz CT molecular complexity index is 421. The Hall–Kier alpha value is -1.01. The van der Waals surface area contributed by atoms with Crippen molar-refractivity contribution in [3.63, 3.8) is 0 Å². The molecule has 0 unspecified atom stereocenters. The van der Waals surface area contributed by atoms with Gasteiger partial charge in [0.05, 0.1) is 17.1 Å². The third kappa shape index (κ3) is 4.79. The van der Waals surface area contributed by atoms with E-state index in [1.54, 1.807) is 12.1 Å². The van der Waals surface area contributed by atoms with Gasteiger partial charge in [-0.3, -0.25) is 0 Å². The summed E-state index contributed by atoms with van der Waals surface area (Å²) in [5.41, 5.74) is 6.40. The molecule has 0 fully saturated rings. The maximum atomic E-state index is 11.9. The SMILES string of the molecule is NC(=S)c1ccc(NCCC(F)(F)F)c(Cl)c1. The van der Waals surface area contributed by atoms with E-state index in [0.29, 0.717) is 11.3 Å². The minimum Gasteiger partial charge on any atom is -0.389 e. The number of rotatable bonds is 4. The van der Waals surface area contributed by atoms with Crippen molar-refractivity contribution in [1.29, 1.82) is 0 Å². The molecular weight excluding hydrogens is 273 g/mol. The Morgan fingerprint density at radius 1 is 1.41 bits per heavy atom. The third-order valence-electron chi connectivity index (χ3n) is 1.98. The van der Waals surface area contributed by atoms with Gasteiger partial charge in [-0.15, -0.1) is 0 Å². The van der Waals surface area contributed by atoms with E-state index in [4.69, 9.17) is 29.6 Å². The second-order valence-electron chi connectivity index (χ2n) is 3.35. The average Bonchev–Trinajstić information content (AvgIpc) is 2.18. The molecule has 3 N–H and O–H groups in total. The van der Waals surface area contributed by atoms with E-state index in [0.717, 1.165) is 0 Å². The first-order chi connectivity index (χ1) is 7.79. The van der Waals surface area contributed by atoms with E-state index in [1.165, 1.54) is 6.07 Å². The fourth-order valence-electron chi connectivity index (χ4n) is 1.15. The van der Waals surface area contributed by atoms with Gasteiger partial charge in [-0.2, -0.15) is 13.2 Å². The zero-order valence-corrected chi connectivity index (χ0v) is 10.2. The van der Waals surface area contributed by atoms with Crippen LogP contribution < -0.4 is 11.1 Å². The topological polar surface area (TPSA) is 38.0 Å². The molecule has 0 saturated carbocycles. The second-order valence-corrected chi connectivity index (χ2v) is 4.20. The number of anilines is 1. The highest BCUT2D eigenvalue weighted by molar-refractivity contribution is 7.80. The lowest BCUT2D eigenvalue weighted by molar-refractivity contribution is -0.131. The lowest BCUT2D eigenvalue weighted by Gasteiger charge is -2.11. The standard InChI is InChI=1S/C10H10ClF3N2S/c11-7-5-6(9(15)17)1-2-8(7)16-4-3-10(12,13)14/h1-2,5,16H,3-4H2,(H2,15,17). The number of nitrogens with one attached hydrogen (secondary N) is 1. The molecule has 0 aliphatic heterocycles. The predicted molar refractivity (Wildman–Crippen MR) is 66.5 cm³/mol. The minimum atomic E-state index is -4.18. The highest BCUT2D eigenvalue weighted by Gasteiger charge is 2.26. The van der Waals surface area contributed by atoms with Gasteiger partial charge in [0.2, 0.25) is 0 Å². The van der Waals surface area contributed by atoms with E-state index in [1.807, 2.05) is 0 Å². The molecule has 1 aromatic rings. The van der Waals surface area contributed by atoms with E-state index in [2.05, 4.69) is 5.32 Å². The van der Waals surface area contributed by atoms with Crippen LogP contribution >= 0.6 is 23.8 Å². The monoisotopic (exact) mass is 282 g/mol. The summed E-state index contributed by atoms with van der Waals surface area (Å²) < 4.78 is 35.8. The summed E-state index contributed by atoms with van der Waals surface area (Å²) in [6, 6.07) is 4.66. The molecule has 17 heavy (non-hydrogen) atoms. The van der Waals surface area contributed by atoms with Crippen molar-refractivity contribution in [3.8, 4) is 0 Å². The van der Waals surface area contributed by atoms with Crippen molar-refractivity contribution in [2.24, 2.45) is 5.73 Å². The maximum absolute atomic E-state index is 11.9. The van der Waals surface area contributed by atoms with Gasteiger partial charge in [-0.25, -0.2) is 0 Å². The van der Waals surface area contributed by atoms with Crippen LogP contribution in [-0.4, -0.2) is 17.7 Å². The summed E-state index contributed by atoms with van der Waals surface area (Å²) >= 11 is 10.6. The third-order valence-corrected chi connectivity index (χ3v) is 2.53. The molecule has 7 heteroatoms. The molecule has 0 atom stereocenters. The molecule has 2 nitrogen and oxygen atoms in total. The summed E-state index contributed by atoms with van der Waals surface area (Å²) in [6.07, 6.45) is -5.10. The number of nitrogens with two attached hydrogens (primary N) is 1. The largest absolute Gasteiger partial charge is 0.390 e. The number of halogens is 4. The highest BCUT2D eigenvalue weighted by atomic mass is 35.5. The number of hydrogen-bond acceptors (Lipinski definition) is 2. The molecule has 0 heterocycles. The van der Waals surface area contributed by atoms with Gasteiger partial charge in [0, 0.05) is 12.1 Å². The maximum Gasteiger partial charge on any atom is 0.390 e. The molecule has 0 saturated heterocycles. The number of hydrogen-bond donors (Lipinski definition) is 2. The predicted octanol–water partition coefficient (Wildman–Crippen LogP) is 3.34. The zero-order chi connectivity index (χ0) is 13.1. The molecule has 0 aliphatic carbocycles. The van der Waals surface area contributed by atoms with Gasteiger partial charge in [0.15, 0.2) is 0 Å². The van der Waals surface area contributed by atoms with Gasteiger partial charge in [-0.1, -0.05) is 23.8 Å². The summed E-state index contributed by atoms with van der Waals surface area (Å²) in [7, 11) is 0. The smallest absolute Gasteiger partial charge is 0.389 e. The van der Waals surface area contributed by atoms with Gasteiger partial charge in [-0.05, 0) is 18.2 Å². The molecule has 0 bridgehead atoms. The summed E-state index contributed by atoms with van der Waals surface area (Å²) in [5.74, 6) is 0. The van der Waals surface area contributed by atoms with Crippen LogP contribution in [0.25, 0.3) is 0 Å². The van der Waals surface area contributed by atoms with E-state index in [-0.39, 0.29) is 16.6 Å². The molecule has 1 aromatic carbocycles. The van der Waals surface area contributed by atoms with Crippen LogP contribution in [0.3, 0.4) is 0 Å². The molecule has 1 rings (SSSR count). The lowest BCUT2D eigenvalue weighted by Crippen LogP contribution is -2.15. The molecule has 94 valence electrons. The minimum absolute atomic E-state index is 0.189. The van der Waals surface area contributed by atoms with Crippen molar-refractivity contribution in [1.82, 2.24) is 0 Å². The van der Waals surface area contributed by atoms with Gasteiger partial charge in [0.25, 0.3) is 0 Å². The number of thiocarbonyl (C=S) groups is 1. The van der Waals surface area contributed by atoms with E-state index < -0.39 is 12.6 Å². The first kappa shape index (κ1) is 14.1. The normalized spacial score (nSPS) is 11.3. The quantitative estimate of drug-likeness (QED) is 0.832. The van der Waals surface area contributed by atoms with Crippen LogP contribution in [0.1, 0.15) is 12.0 Å². The second kappa shape index (κ2) is 5.55. The van der Waals surface area contributed by atoms with Gasteiger partial charge >= 0.3 is 6.18 Å². The molecule has 0 aliphatic rings. The molecule has 0 aromatic heterocycles. The Kier molecular flexibility index (Phi) is 4.59. The molecule has 0 radical (unpaired) electrons. The first-order valence-electron chi connectivity index (χ1n) is 4.69. The van der Waals surface area contributed by atoms with Crippen molar-refractivity contribution >= 4 is 34.5 Å². The van der Waals surface area contributed by atoms with Crippen LogP contribution in [0.15, 0.2) is 18.2 Å². The summed E-state index contributed by atoms with van der Waals surface area (Å²) in [6.45, 7) is -0.227. The van der Waals surface area contributed by atoms with E-state index >= 15 is 0 Å². The van der Waals surface area contributed by atoms with Gasteiger partial charge in [0.1, 0.15) is 4.99 Å². The Morgan fingerprint density at radius 3 is 2.53 bits per heavy atom. The molecule has 0 amide bonds. The Balaban J connectivity index is 2.64. The molecular formula is C10H10ClF3N2S. The van der Waals surface area contributed by atoms with Crippen LogP contribution in [-0.2, 0) is 0 Å². The van der Waals surface area contributed by atoms with Crippen LogP contribution in [0.5, 0.6) is 0 Å². The zero-order valence-electron chi connectivity index (χ0n) is 8.64. The van der Waals surface area contributed by atoms with E-state index in [9.17, 15) is 13.2 Å².